The number of nitrogens with zero attached hydrogens (tertiary/aromatic N) is 3. The molecule has 0 spiro atoms. The Morgan fingerprint density at radius 3 is 2.41 bits per heavy atom. The lowest BCUT2D eigenvalue weighted by molar-refractivity contribution is -0.122. The molecule has 1 aliphatic heterocycles. The first-order valence-corrected chi connectivity index (χ1v) is 12.1. The number of hydrogen-bond donors (Lipinski definition) is 1. The van der Waals surface area contributed by atoms with Gasteiger partial charge in [0.1, 0.15) is 11.5 Å². The lowest BCUT2D eigenvalue weighted by Gasteiger charge is -2.33. The third-order valence-electron chi connectivity index (χ3n) is 4.98. The van der Waals surface area contributed by atoms with E-state index in [0.717, 1.165) is 4.47 Å². The molecule has 0 atom stereocenters. The zero-order valence-electron chi connectivity index (χ0n) is 17.8. The number of methoxy groups -OCH3 is 2. The molecule has 2 aromatic carbocycles. The van der Waals surface area contributed by atoms with Crippen LogP contribution in [0.25, 0.3) is 0 Å². The Bertz CT molecular complexity index is 1070. The molecule has 0 aromatic heterocycles. The fraction of sp³-hybridized carbons (Fsp3) is 0.333. The normalized spacial score (nSPS) is 15.6. The second kappa shape index (κ2) is 10.9. The predicted octanol–water partition coefficient (Wildman–Crippen LogP) is 1.92. The first-order chi connectivity index (χ1) is 15.3. The highest BCUT2D eigenvalue weighted by molar-refractivity contribution is 9.10. The van der Waals surface area contributed by atoms with Crippen molar-refractivity contribution in [3.63, 3.8) is 0 Å². The highest BCUT2D eigenvalue weighted by atomic mass is 79.9. The van der Waals surface area contributed by atoms with Crippen LogP contribution in [0.4, 0.5) is 0 Å². The molecular formula is C21H25BrN4O5S. The Morgan fingerprint density at radius 2 is 1.78 bits per heavy atom. The van der Waals surface area contributed by atoms with Crippen LogP contribution < -0.4 is 14.9 Å². The summed E-state index contributed by atoms with van der Waals surface area (Å²) in [5.74, 6) is 0.966. The summed E-state index contributed by atoms with van der Waals surface area (Å²) < 4.78 is 38.3. The van der Waals surface area contributed by atoms with Gasteiger partial charge in [-0.05, 0) is 42.5 Å². The fourth-order valence-corrected chi connectivity index (χ4v) is 4.92. The average molecular weight is 525 g/mol. The number of nitrogens with one attached hydrogen (secondary N) is 1. The number of benzene rings is 2. The minimum absolute atomic E-state index is 0.124. The maximum absolute atomic E-state index is 12.8. The maximum Gasteiger partial charge on any atom is 0.254 e. The first kappa shape index (κ1) is 24.2. The molecule has 2 aromatic rings. The summed E-state index contributed by atoms with van der Waals surface area (Å²) >= 11 is 3.31. The van der Waals surface area contributed by atoms with Crippen LogP contribution in [0.15, 0.2) is 56.9 Å². The van der Waals surface area contributed by atoms with E-state index in [9.17, 15) is 13.2 Å². The second-order valence-corrected chi connectivity index (χ2v) is 9.89. The first-order valence-electron chi connectivity index (χ1n) is 9.85. The summed E-state index contributed by atoms with van der Waals surface area (Å²) in [5.41, 5.74) is 3.16. The molecule has 3 rings (SSSR count). The zero-order valence-corrected chi connectivity index (χ0v) is 20.2. The van der Waals surface area contributed by atoms with Crippen LogP contribution in [-0.4, -0.2) is 76.7 Å². The molecule has 0 aliphatic carbocycles. The van der Waals surface area contributed by atoms with Crippen molar-refractivity contribution < 1.29 is 22.7 Å². The number of rotatable bonds is 8. The van der Waals surface area contributed by atoms with E-state index in [1.807, 2.05) is 4.90 Å². The standard InChI is InChI=1S/C21H25BrN4O5S/c1-30-18-5-8-20(31-2)16(13-18)14-23-24-21(27)15-25-9-11-26(12-10-25)32(28,29)19-6-3-17(22)4-7-19/h3-8,13-14H,9-12,15H2,1-2H3,(H,24,27)/b23-14+. The van der Waals surface area contributed by atoms with Crippen molar-refractivity contribution in [2.75, 3.05) is 46.9 Å². The van der Waals surface area contributed by atoms with Crippen LogP contribution in [-0.2, 0) is 14.8 Å². The molecule has 172 valence electrons. The lowest BCUT2D eigenvalue weighted by Crippen LogP contribution is -2.50. The molecule has 1 saturated heterocycles. The van der Waals surface area contributed by atoms with Crippen LogP contribution in [0.3, 0.4) is 0 Å². The molecule has 1 fully saturated rings. The molecule has 1 aliphatic rings. The molecule has 0 bridgehead atoms. The fourth-order valence-electron chi connectivity index (χ4n) is 3.24. The minimum atomic E-state index is -3.55. The van der Waals surface area contributed by atoms with Gasteiger partial charge in [-0.25, -0.2) is 13.8 Å². The van der Waals surface area contributed by atoms with E-state index >= 15 is 0 Å². The van der Waals surface area contributed by atoms with Gasteiger partial charge < -0.3 is 9.47 Å². The van der Waals surface area contributed by atoms with Crippen molar-refractivity contribution in [1.29, 1.82) is 0 Å². The van der Waals surface area contributed by atoms with Crippen molar-refractivity contribution in [2.45, 2.75) is 4.90 Å². The number of carbonyl (C=O) groups is 1. The number of halogens is 1. The number of piperazine rings is 1. The third-order valence-corrected chi connectivity index (χ3v) is 7.42. The summed E-state index contributed by atoms with van der Waals surface area (Å²) in [7, 11) is -0.434. The molecule has 32 heavy (non-hydrogen) atoms. The summed E-state index contributed by atoms with van der Waals surface area (Å²) in [6.07, 6.45) is 1.49. The highest BCUT2D eigenvalue weighted by Gasteiger charge is 2.28. The third kappa shape index (κ3) is 6.06. The largest absolute Gasteiger partial charge is 0.497 e. The molecule has 11 heteroatoms. The number of hydrogen-bond acceptors (Lipinski definition) is 7. The van der Waals surface area contributed by atoms with Gasteiger partial charge in [-0.3, -0.25) is 9.69 Å². The summed E-state index contributed by atoms with van der Waals surface area (Å²) in [6, 6.07) is 11.8. The van der Waals surface area contributed by atoms with Crippen LogP contribution in [0, 0.1) is 0 Å². The molecule has 1 amide bonds. The number of sulfonamides is 1. The number of amides is 1. The van der Waals surface area contributed by atoms with Gasteiger partial charge in [0.15, 0.2) is 0 Å². The molecule has 1 heterocycles. The second-order valence-electron chi connectivity index (χ2n) is 7.04. The quantitative estimate of drug-likeness (QED) is 0.418. The molecule has 0 saturated carbocycles. The van der Waals surface area contributed by atoms with E-state index in [1.54, 1.807) is 56.7 Å². The van der Waals surface area contributed by atoms with Crippen molar-refractivity contribution in [1.82, 2.24) is 14.6 Å². The number of ether oxygens (including phenoxy) is 2. The van der Waals surface area contributed by atoms with Crippen molar-refractivity contribution in [3.8, 4) is 11.5 Å². The predicted molar refractivity (Wildman–Crippen MR) is 125 cm³/mol. The number of hydrazone groups is 1. The smallest absolute Gasteiger partial charge is 0.254 e. The van der Waals surface area contributed by atoms with Gasteiger partial charge in [0.05, 0.1) is 31.9 Å². The Morgan fingerprint density at radius 1 is 1.09 bits per heavy atom. The van der Waals surface area contributed by atoms with E-state index < -0.39 is 10.0 Å². The highest BCUT2D eigenvalue weighted by Crippen LogP contribution is 2.22. The van der Waals surface area contributed by atoms with Crippen LogP contribution >= 0.6 is 15.9 Å². The van der Waals surface area contributed by atoms with Gasteiger partial charge in [0.25, 0.3) is 5.91 Å². The van der Waals surface area contributed by atoms with Crippen molar-refractivity contribution in [3.05, 3.63) is 52.5 Å². The SMILES string of the molecule is COc1ccc(OC)c(/C=N/NC(=O)CN2CCN(S(=O)(=O)c3ccc(Br)cc3)CC2)c1. The van der Waals surface area contributed by atoms with Crippen LogP contribution in [0.5, 0.6) is 11.5 Å². The van der Waals surface area contributed by atoms with Crippen molar-refractivity contribution in [2.24, 2.45) is 5.10 Å². The van der Waals surface area contributed by atoms with Gasteiger partial charge in [0, 0.05) is 36.2 Å². The summed E-state index contributed by atoms with van der Waals surface area (Å²) in [4.78, 5) is 14.4. The van der Waals surface area contributed by atoms with Gasteiger partial charge in [0.2, 0.25) is 10.0 Å². The Hall–Kier alpha value is -2.47. The molecule has 1 N–H and O–H groups in total. The topological polar surface area (TPSA) is 101 Å². The monoisotopic (exact) mass is 524 g/mol. The Balaban J connectivity index is 1.50. The van der Waals surface area contributed by atoms with E-state index in [0.29, 0.717) is 43.2 Å². The van der Waals surface area contributed by atoms with Gasteiger partial charge in [-0.2, -0.15) is 9.41 Å². The Labute approximate surface area is 196 Å². The number of carbonyl (C=O) groups excluding carboxylic acids is 1. The van der Waals surface area contributed by atoms with Crippen LogP contribution in [0.2, 0.25) is 0 Å². The lowest BCUT2D eigenvalue weighted by atomic mass is 10.2. The van der Waals surface area contributed by atoms with Crippen LogP contribution in [0.1, 0.15) is 5.56 Å². The minimum Gasteiger partial charge on any atom is -0.497 e. The Kier molecular flexibility index (Phi) is 8.24. The molecular weight excluding hydrogens is 500 g/mol. The van der Waals surface area contributed by atoms with Gasteiger partial charge in [-0.15, -0.1) is 0 Å². The molecule has 0 unspecified atom stereocenters. The summed E-state index contributed by atoms with van der Waals surface area (Å²) in [5, 5.41) is 4.00. The summed E-state index contributed by atoms with van der Waals surface area (Å²) in [6.45, 7) is 1.66. The van der Waals surface area contributed by atoms with Gasteiger partial charge >= 0.3 is 0 Å². The van der Waals surface area contributed by atoms with E-state index in [4.69, 9.17) is 9.47 Å². The maximum atomic E-state index is 12.8. The van der Waals surface area contributed by atoms with E-state index in [1.165, 1.54) is 10.5 Å². The van der Waals surface area contributed by atoms with Crippen molar-refractivity contribution >= 4 is 38.1 Å². The van der Waals surface area contributed by atoms with Gasteiger partial charge in [-0.1, -0.05) is 15.9 Å². The van der Waals surface area contributed by atoms with E-state index in [-0.39, 0.29) is 17.3 Å². The zero-order chi connectivity index (χ0) is 23.1. The molecule has 0 radical (unpaired) electrons. The molecule has 9 nitrogen and oxygen atoms in total. The van der Waals surface area contributed by atoms with E-state index in [2.05, 4.69) is 26.5 Å². The average Bonchev–Trinajstić information content (AvgIpc) is 2.79.